The molecule has 1 fully saturated rings. The topological polar surface area (TPSA) is 58.3 Å². The van der Waals surface area contributed by atoms with Crippen molar-refractivity contribution in [3.63, 3.8) is 0 Å². The van der Waals surface area contributed by atoms with E-state index in [9.17, 15) is 5.11 Å². The summed E-state index contributed by atoms with van der Waals surface area (Å²) < 4.78 is 0. The molecule has 1 aliphatic rings. The van der Waals surface area contributed by atoms with E-state index in [0.29, 0.717) is 5.92 Å². The summed E-state index contributed by atoms with van der Waals surface area (Å²) >= 11 is 0. The molecule has 0 saturated carbocycles. The van der Waals surface area contributed by atoms with Crippen molar-refractivity contribution in [2.45, 2.75) is 18.8 Å². The second-order valence-electron chi connectivity index (χ2n) is 3.84. The quantitative estimate of drug-likeness (QED) is 0.590. The van der Waals surface area contributed by atoms with Crippen molar-refractivity contribution < 1.29 is 5.11 Å². The second kappa shape index (κ2) is 3.88. The molecule has 0 atom stereocenters. The van der Waals surface area contributed by atoms with Crippen LogP contribution in [-0.2, 0) is 0 Å². The largest absolute Gasteiger partial charge is 0.508 e. The van der Waals surface area contributed by atoms with E-state index >= 15 is 0 Å². The molecule has 0 aromatic heterocycles. The zero-order valence-electron chi connectivity index (χ0n) is 8.16. The van der Waals surface area contributed by atoms with Crippen LogP contribution in [0.25, 0.3) is 0 Å². The maximum atomic E-state index is 9.24. The molecule has 14 heavy (non-hydrogen) atoms. The molecule has 76 valence electrons. The molecule has 3 nitrogen and oxygen atoms in total. The fourth-order valence-electron chi connectivity index (χ4n) is 2.07. The standard InChI is InChI=1S/C11H16N2O/c12-11-7-9(14)1-2-10(11)8-3-5-13-6-4-8/h1-2,7-8,13-14H,3-6,12H2. The predicted molar refractivity (Wildman–Crippen MR) is 57.4 cm³/mol. The Bertz CT molecular complexity index is 319. The predicted octanol–water partition coefficient (Wildman–Crippen LogP) is 1.44. The molecule has 3 heteroatoms. The minimum Gasteiger partial charge on any atom is -0.508 e. The highest BCUT2D eigenvalue weighted by atomic mass is 16.3. The maximum absolute atomic E-state index is 9.24. The van der Waals surface area contributed by atoms with E-state index in [4.69, 9.17) is 5.73 Å². The molecular formula is C11H16N2O. The van der Waals surface area contributed by atoms with Gasteiger partial charge in [-0.3, -0.25) is 0 Å². The normalized spacial score (nSPS) is 18.3. The summed E-state index contributed by atoms with van der Waals surface area (Å²) in [5.74, 6) is 0.803. The van der Waals surface area contributed by atoms with Gasteiger partial charge < -0.3 is 16.2 Å². The van der Waals surface area contributed by atoms with Crippen molar-refractivity contribution in [1.82, 2.24) is 5.32 Å². The fraction of sp³-hybridized carbons (Fsp3) is 0.455. The van der Waals surface area contributed by atoms with E-state index in [0.717, 1.165) is 31.6 Å². The molecule has 2 rings (SSSR count). The number of hydrogen-bond donors (Lipinski definition) is 3. The maximum Gasteiger partial charge on any atom is 0.117 e. The Balaban J connectivity index is 2.22. The average Bonchev–Trinajstić information content (AvgIpc) is 2.19. The van der Waals surface area contributed by atoms with E-state index < -0.39 is 0 Å². The molecule has 0 spiro atoms. The smallest absolute Gasteiger partial charge is 0.117 e. The summed E-state index contributed by atoms with van der Waals surface area (Å²) in [6.45, 7) is 2.12. The van der Waals surface area contributed by atoms with Crippen LogP contribution in [0.5, 0.6) is 5.75 Å². The lowest BCUT2D eigenvalue weighted by Gasteiger charge is -2.24. The van der Waals surface area contributed by atoms with Gasteiger partial charge >= 0.3 is 0 Å². The molecule has 0 aliphatic carbocycles. The van der Waals surface area contributed by atoms with Crippen molar-refractivity contribution in [2.75, 3.05) is 18.8 Å². The third-order valence-electron chi connectivity index (χ3n) is 2.85. The third kappa shape index (κ3) is 1.82. The lowest BCUT2D eigenvalue weighted by Crippen LogP contribution is -2.26. The molecular weight excluding hydrogens is 176 g/mol. The fourth-order valence-corrected chi connectivity index (χ4v) is 2.07. The Morgan fingerprint density at radius 2 is 2.00 bits per heavy atom. The monoisotopic (exact) mass is 192 g/mol. The molecule has 0 bridgehead atoms. The van der Waals surface area contributed by atoms with Crippen molar-refractivity contribution in [3.8, 4) is 5.75 Å². The van der Waals surface area contributed by atoms with Gasteiger partial charge in [0, 0.05) is 11.8 Å². The third-order valence-corrected chi connectivity index (χ3v) is 2.85. The SMILES string of the molecule is Nc1cc(O)ccc1C1CCNCC1. The van der Waals surface area contributed by atoms with Crippen molar-refractivity contribution in [2.24, 2.45) is 0 Å². The summed E-state index contributed by atoms with van der Waals surface area (Å²) in [6, 6.07) is 5.30. The molecule has 0 radical (unpaired) electrons. The summed E-state index contributed by atoms with van der Waals surface area (Å²) in [6.07, 6.45) is 2.27. The van der Waals surface area contributed by atoms with Gasteiger partial charge in [0.1, 0.15) is 5.75 Å². The van der Waals surface area contributed by atoms with Crippen LogP contribution in [0.15, 0.2) is 18.2 Å². The number of phenols is 1. The van der Waals surface area contributed by atoms with E-state index in [1.165, 1.54) is 5.56 Å². The van der Waals surface area contributed by atoms with Crippen LogP contribution in [-0.4, -0.2) is 18.2 Å². The lowest BCUT2D eigenvalue weighted by molar-refractivity contribution is 0.458. The van der Waals surface area contributed by atoms with Crippen molar-refractivity contribution >= 4 is 5.69 Å². The van der Waals surface area contributed by atoms with E-state index in [1.807, 2.05) is 6.07 Å². The summed E-state index contributed by atoms with van der Waals surface area (Å²) in [7, 11) is 0. The minimum atomic E-state index is 0.250. The van der Waals surface area contributed by atoms with Gasteiger partial charge in [-0.1, -0.05) is 6.07 Å². The highest BCUT2D eigenvalue weighted by molar-refractivity contribution is 5.52. The van der Waals surface area contributed by atoms with Gasteiger partial charge in [-0.15, -0.1) is 0 Å². The van der Waals surface area contributed by atoms with Crippen LogP contribution in [0.4, 0.5) is 5.69 Å². The van der Waals surface area contributed by atoms with E-state index in [-0.39, 0.29) is 5.75 Å². The molecule has 1 saturated heterocycles. The molecule has 1 aromatic carbocycles. The molecule has 1 aromatic rings. The molecule has 0 unspecified atom stereocenters. The summed E-state index contributed by atoms with van der Waals surface area (Å²) in [5, 5.41) is 12.6. The Labute approximate surface area is 83.9 Å². The summed E-state index contributed by atoms with van der Waals surface area (Å²) in [5.41, 5.74) is 7.78. The molecule has 1 aliphatic heterocycles. The first-order valence-corrected chi connectivity index (χ1v) is 5.06. The van der Waals surface area contributed by atoms with Gasteiger partial charge in [-0.25, -0.2) is 0 Å². The number of nitrogens with one attached hydrogen (secondary N) is 1. The highest BCUT2D eigenvalue weighted by Crippen LogP contribution is 2.31. The van der Waals surface area contributed by atoms with Crippen LogP contribution in [0.1, 0.15) is 24.3 Å². The number of benzene rings is 1. The highest BCUT2D eigenvalue weighted by Gasteiger charge is 2.17. The number of rotatable bonds is 1. The Morgan fingerprint density at radius 1 is 1.29 bits per heavy atom. The van der Waals surface area contributed by atoms with Crippen molar-refractivity contribution in [3.05, 3.63) is 23.8 Å². The van der Waals surface area contributed by atoms with E-state index in [1.54, 1.807) is 12.1 Å². The number of phenolic OH excluding ortho intramolecular Hbond substituents is 1. The number of hydrogen-bond acceptors (Lipinski definition) is 3. The van der Waals surface area contributed by atoms with Gasteiger partial charge in [0.05, 0.1) is 0 Å². The Morgan fingerprint density at radius 3 is 2.64 bits per heavy atom. The first kappa shape index (κ1) is 9.34. The van der Waals surface area contributed by atoms with Crippen LogP contribution in [0.2, 0.25) is 0 Å². The molecule has 4 N–H and O–H groups in total. The van der Waals surface area contributed by atoms with Crippen molar-refractivity contribution in [1.29, 1.82) is 0 Å². The first-order valence-electron chi connectivity index (χ1n) is 5.06. The van der Waals surface area contributed by atoms with Crippen LogP contribution in [0.3, 0.4) is 0 Å². The van der Waals surface area contributed by atoms with Gasteiger partial charge in [0.15, 0.2) is 0 Å². The Hall–Kier alpha value is -1.22. The number of nitrogens with two attached hydrogens (primary N) is 1. The van der Waals surface area contributed by atoms with Gasteiger partial charge in [-0.05, 0) is 43.5 Å². The average molecular weight is 192 g/mol. The van der Waals surface area contributed by atoms with Crippen LogP contribution < -0.4 is 11.1 Å². The summed E-state index contributed by atoms with van der Waals surface area (Å²) in [4.78, 5) is 0. The van der Waals surface area contributed by atoms with Gasteiger partial charge in [-0.2, -0.15) is 0 Å². The zero-order valence-corrected chi connectivity index (χ0v) is 8.16. The van der Waals surface area contributed by atoms with Gasteiger partial charge in [0.2, 0.25) is 0 Å². The minimum absolute atomic E-state index is 0.250. The lowest BCUT2D eigenvalue weighted by atomic mass is 9.89. The number of piperidine rings is 1. The van der Waals surface area contributed by atoms with Crippen LogP contribution in [0, 0.1) is 0 Å². The molecule has 0 amide bonds. The van der Waals surface area contributed by atoms with E-state index in [2.05, 4.69) is 5.32 Å². The molecule has 1 heterocycles. The number of aromatic hydroxyl groups is 1. The van der Waals surface area contributed by atoms with Gasteiger partial charge in [0.25, 0.3) is 0 Å². The number of nitrogen functional groups attached to an aromatic ring is 1. The first-order chi connectivity index (χ1) is 6.77. The second-order valence-corrected chi connectivity index (χ2v) is 3.84. The zero-order chi connectivity index (χ0) is 9.97. The Kier molecular flexibility index (Phi) is 2.59. The van der Waals surface area contributed by atoms with Crippen LogP contribution >= 0.6 is 0 Å². The number of anilines is 1.